The van der Waals surface area contributed by atoms with Crippen molar-refractivity contribution in [3.8, 4) is 0 Å². The summed E-state index contributed by atoms with van der Waals surface area (Å²) in [5.41, 5.74) is -1.36. The van der Waals surface area contributed by atoms with Crippen LogP contribution in [0.2, 0.25) is 0 Å². The Morgan fingerprint density at radius 3 is 2.17 bits per heavy atom. The van der Waals surface area contributed by atoms with Gasteiger partial charge in [-0.05, 0) is 32.2 Å². The van der Waals surface area contributed by atoms with Crippen LogP contribution in [0.3, 0.4) is 0 Å². The van der Waals surface area contributed by atoms with Gasteiger partial charge in [0.1, 0.15) is 5.60 Å². The summed E-state index contributed by atoms with van der Waals surface area (Å²) >= 11 is 0. The molecule has 134 valence electrons. The number of carbonyl (C=O) groups is 3. The van der Waals surface area contributed by atoms with Gasteiger partial charge < -0.3 is 25.5 Å². The van der Waals surface area contributed by atoms with Crippen LogP contribution < -0.4 is 5.32 Å². The van der Waals surface area contributed by atoms with Crippen LogP contribution >= 0.6 is 0 Å². The molecule has 1 aliphatic rings. The number of amides is 1. The van der Waals surface area contributed by atoms with Crippen LogP contribution in [0.15, 0.2) is 0 Å². The van der Waals surface area contributed by atoms with E-state index in [-0.39, 0.29) is 18.8 Å². The van der Waals surface area contributed by atoms with Crippen LogP contribution in [0.5, 0.6) is 0 Å². The van der Waals surface area contributed by atoms with Gasteiger partial charge in [0, 0.05) is 19.1 Å². The van der Waals surface area contributed by atoms with Crippen LogP contribution in [0.4, 0.5) is 0 Å². The number of piperidine rings is 1. The van der Waals surface area contributed by atoms with Gasteiger partial charge in [0.25, 0.3) is 12.4 Å². The first-order chi connectivity index (χ1) is 10.6. The lowest BCUT2D eigenvalue weighted by atomic mass is 9.89. The topological polar surface area (TPSA) is 127 Å². The van der Waals surface area contributed by atoms with E-state index >= 15 is 0 Å². The molecule has 1 heterocycles. The third-order valence-electron chi connectivity index (χ3n) is 3.75. The Morgan fingerprint density at radius 2 is 1.78 bits per heavy atom. The van der Waals surface area contributed by atoms with Crippen molar-refractivity contribution in [2.24, 2.45) is 5.92 Å². The molecule has 1 aliphatic heterocycles. The molecule has 0 aromatic heterocycles. The molecular weight excluding hydrogens is 304 g/mol. The lowest BCUT2D eigenvalue weighted by molar-refractivity contribution is -0.146. The fraction of sp³-hybridized carbons (Fsp3) is 0.800. The van der Waals surface area contributed by atoms with Crippen LogP contribution in [0.25, 0.3) is 0 Å². The van der Waals surface area contributed by atoms with E-state index in [0.717, 1.165) is 0 Å². The predicted molar refractivity (Wildman–Crippen MR) is 84.0 cm³/mol. The van der Waals surface area contributed by atoms with Crippen molar-refractivity contribution in [1.82, 2.24) is 10.2 Å². The van der Waals surface area contributed by atoms with Crippen molar-refractivity contribution in [1.29, 1.82) is 0 Å². The second-order valence-corrected chi connectivity index (χ2v) is 6.34. The van der Waals surface area contributed by atoms with Gasteiger partial charge in [0.15, 0.2) is 0 Å². The first-order valence-electron chi connectivity index (χ1n) is 7.66. The summed E-state index contributed by atoms with van der Waals surface area (Å²) in [6, 6.07) is -0.427. The molecule has 0 aromatic carbocycles. The zero-order chi connectivity index (χ0) is 18.0. The minimum Gasteiger partial charge on any atom is -0.483 e. The van der Waals surface area contributed by atoms with E-state index in [2.05, 4.69) is 10.2 Å². The monoisotopic (exact) mass is 332 g/mol. The molecule has 0 saturated carbocycles. The van der Waals surface area contributed by atoms with E-state index in [4.69, 9.17) is 15.0 Å². The van der Waals surface area contributed by atoms with Gasteiger partial charge in [-0.1, -0.05) is 13.8 Å². The second kappa shape index (κ2) is 10.2. The largest absolute Gasteiger partial charge is 0.483 e. The maximum absolute atomic E-state index is 12.2. The Balaban J connectivity index is 0.00000149. The number of rotatable bonds is 6. The van der Waals surface area contributed by atoms with Crippen LogP contribution in [-0.2, 0) is 14.4 Å². The first kappa shape index (κ1) is 21.3. The summed E-state index contributed by atoms with van der Waals surface area (Å²) in [6.07, 6.45) is 1.25. The molecule has 0 bridgehead atoms. The number of hydrogen-bond acceptors (Lipinski definition) is 5. The summed E-state index contributed by atoms with van der Waals surface area (Å²) in [5.74, 6) is -1.09. The standard InChI is InChI=1S/C14H26N2O4.CH2O2/c1-10(2)8-11(9-12(17)18)15-13(19)14(20)4-6-16(3)7-5-14;2-1-3/h10-11,20H,4-9H2,1-3H3,(H,15,19)(H,17,18);1H,(H,2,3). The first-order valence-corrected chi connectivity index (χ1v) is 7.66. The second-order valence-electron chi connectivity index (χ2n) is 6.34. The van der Waals surface area contributed by atoms with Crippen LogP contribution in [0, 0.1) is 5.92 Å². The quantitative estimate of drug-likeness (QED) is 0.510. The van der Waals surface area contributed by atoms with Crippen molar-refractivity contribution in [3.63, 3.8) is 0 Å². The number of nitrogens with zero attached hydrogens (tertiary/aromatic N) is 1. The number of nitrogens with one attached hydrogen (secondary N) is 1. The van der Waals surface area contributed by atoms with E-state index in [0.29, 0.717) is 32.4 Å². The average Bonchev–Trinajstić information content (AvgIpc) is 2.41. The molecule has 0 aliphatic carbocycles. The minimum atomic E-state index is -1.36. The van der Waals surface area contributed by atoms with Crippen molar-refractivity contribution in [3.05, 3.63) is 0 Å². The molecule has 1 saturated heterocycles. The summed E-state index contributed by atoms with van der Waals surface area (Å²) in [5, 5.41) is 28.9. The average molecular weight is 332 g/mol. The number of likely N-dealkylation sites (tertiary alicyclic amines) is 1. The molecule has 0 spiro atoms. The Kier molecular flexibility index (Phi) is 9.43. The molecule has 1 atom stereocenters. The Bertz CT molecular complexity index is 391. The van der Waals surface area contributed by atoms with Crippen molar-refractivity contribution in [2.45, 2.75) is 51.2 Å². The van der Waals surface area contributed by atoms with E-state index in [1.54, 1.807) is 0 Å². The third-order valence-corrected chi connectivity index (χ3v) is 3.75. The Hall–Kier alpha value is -1.67. The zero-order valence-electron chi connectivity index (χ0n) is 14.0. The molecule has 8 nitrogen and oxygen atoms in total. The molecule has 0 aromatic rings. The summed E-state index contributed by atoms with van der Waals surface area (Å²) < 4.78 is 0. The summed E-state index contributed by atoms with van der Waals surface area (Å²) in [4.78, 5) is 33.5. The molecule has 0 radical (unpaired) electrons. The number of aliphatic hydroxyl groups is 1. The zero-order valence-corrected chi connectivity index (χ0v) is 14.0. The molecule has 1 amide bonds. The van der Waals surface area contributed by atoms with Gasteiger partial charge in [0.2, 0.25) is 0 Å². The third kappa shape index (κ3) is 8.51. The van der Waals surface area contributed by atoms with Gasteiger partial charge in [-0.15, -0.1) is 0 Å². The highest BCUT2D eigenvalue weighted by Gasteiger charge is 2.39. The lowest BCUT2D eigenvalue weighted by Gasteiger charge is -2.36. The number of carboxylic acids is 1. The van der Waals surface area contributed by atoms with Crippen LogP contribution in [0.1, 0.15) is 39.5 Å². The molecule has 4 N–H and O–H groups in total. The van der Waals surface area contributed by atoms with E-state index < -0.39 is 23.5 Å². The van der Waals surface area contributed by atoms with Crippen molar-refractivity contribution < 1.29 is 29.7 Å². The number of hydrogen-bond donors (Lipinski definition) is 4. The Morgan fingerprint density at radius 1 is 1.30 bits per heavy atom. The van der Waals surface area contributed by atoms with E-state index in [1.165, 1.54) is 0 Å². The van der Waals surface area contributed by atoms with E-state index in [9.17, 15) is 14.7 Å². The van der Waals surface area contributed by atoms with Crippen LogP contribution in [-0.4, -0.2) is 70.3 Å². The van der Waals surface area contributed by atoms with Gasteiger partial charge in [-0.3, -0.25) is 14.4 Å². The Labute approximate surface area is 136 Å². The van der Waals surface area contributed by atoms with E-state index in [1.807, 2.05) is 20.9 Å². The lowest BCUT2D eigenvalue weighted by Crippen LogP contribution is -2.55. The maximum Gasteiger partial charge on any atom is 0.305 e. The normalized spacial score (nSPS) is 18.5. The minimum absolute atomic E-state index is 0.111. The summed E-state index contributed by atoms with van der Waals surface area (Å²) in [6.45, 7) is 5.03. The highest BCUT2D eigenvalue weighted by atomic mass is 16.4. The molecule has 1 fully saturated rings. The predicted octanol–water partition coefficient (Wildman–Crippen LogP) is 0.150. The number of carboxylic acid groups (broad SMARTS) is 2. The van der Waals surface area contributed by atoms with Gasteiger partial charge in [0.05, 0.1) is 6.42 Å². The highest BCUT2D eigenvalue weighted by Crippen LogP contribution is 2.22. The highest BCUT2D eigenvalue weighted by molar-refractivity contribution is 5.85. The number of aliphatic carboxylic acids is 1. The van der Waals surface area contributed by atoms with Crippen molar-refractivity contribution in [2.75, 3.05) is 20.1 Å². The smallest absolute Gasteiger partial charge is 0.305 e. The fourth-order valence-electron chi connectivity index (χ4n) is 2.51. The maximum atomic E-state index is 12.2. The van der Waals surface area contributed by atoms with Crippen molar-refractivity contribution >= 4 is 18.3 Å². The van der Waals surface area contributed by atoms with Gasteiger partial charge in [-0.25, -0.2) is 0 Å². The molecular formula is C15H28N2O6. The summed E-state index contributed by atoms with van der Waals surface area (Å²) in [7, 11) is 1.95. The molecule has 23 heavy (non-hydrogen) atoms. The molecule has 1 rings (SSSR count). The van der Waals surface area contributed by atoms with Gasteiger partial charge >= 0.3 is 5.97 Å². The van der Waals surface area contributed by atoms with Gasteiger partial charge in [-0.2, -0.15) is 0 Å². The fourth-order valence-corrected chi connectivity index (χ4v) is 2.51. The SMILES string of the molecule is CC(C)CC(CC(=O)O)NC(=O)C1(O)CCN(C)CC1.O=CO. The molecule has 8 heteroatoms. The number of carbonyl (C=O) groups excluding carboxylic acids is 1. The molecule has 1 unspecified atom stereocenters.